The van der Waals surface area contributed by atoms with Gasteiger partial charge in [0.25, 0.3) is 0 Å². The third-order valence-electron chi connectivity index (χ3n) is 4.47. The Morgan fingerprint density at radius 1 is 1.08 bits per heavy atom. The molecule has 3 heteroatoms. The van der Waals surface area contributed by atoms with E-state index in [9.17, 15) is 4.39 Å². The van der Waals surface area contributed by atoms with E-state index in [1.54, 1.807) is 12.1 Å². The number of rotatable bonds is 7. The summed E-state index contributed by atoms with van der Waals surface area (Å²) in [6, 6.07) is 19.1. The Balaban J connectivity index is 2.07. The molecule has 25 heavy (non-hydrogen) atoms. The highest BCUT2D eigenvalue weighted by Crippen LogP contribution is 2.30. The molecule has 129 valence electrons. The fourth-order valence-electron chi connectivity index (χ4n) is 3.16. The van der Waals surface area contributed by atoms with Crippen molar-refractivity contribution in [1.29, 1.82) is 0 Å². The fraction of sp³-hybridized carbons (Fsp3) is 0.273. The lowest BCUT2D eigenvalue weighted by atomic mass is 9.92. The van der Waals surface area contributed by atoms with Gasteiger partial charge in [0.1, 0.15) is 5.82 Å². The summed E-state index contributed by atoms with van der Waals surface area (Å²) >= 11 is 0. The molecule has 0 aliphatic heterocycles. The van der Waals surface area contributed by atoms with Gasteiger partial charge in [-0.05, 0) is 55.2 Å². The second-order valence-corrected chi connectivity index (χ2v) is 6.31. The van der Waals surface area contributed by atoms with Crippen molar-refractivity contribution in [3.63, 3.8) is 0 Å². The molecule has 0 saturated heterocycles. The molecule has 0 amide bonds. The minimum atomic E-state index is -0.215. The Bertz CT molecular complexity index is 808. The standard InChI is InChI=1S/C22H24FN2/c1-3-5-12-19-16-22(25(24-19)20-13-7-6-8-14-20)21(4-2)17-10-9-11-18(23)15-17/h6-11,13-16,21H,2-5,12H2,1H3. The number of unbranched alkanes of at least 4 members (excludes halogenated alkanes) is 1. The van der Waals surface area contributed by atoms with Crippen LogP contribution in [0, 0.1) is 12.7 Å². The number of para-hydroxylation sites is 1. The highest BCUT2D eigenvalue weighted by molar-refractivity contribution is 5.38. The van der Waals surface area contributed by atoms with E-state index in [1.165, 1.54) is 6.07 Å². The molecular formula is C22H24FN2. The molecule has 1 unspecified atom stereocenters. The van der Waals surface area contributed by atoms with Crippen molar-refractivity contribution in [2.45, 2.75) is 38.5 Å². The monoisotopic (exact) mass is 335 g/mol. The zero-order chi connectivity index (χ0) is 17.6. The van der Waals surface area contributed by atoms with Crippen LogP contribution in [0.5, 0.6) is 0 Å². The summed E-state index contributed by atoms with van der Waals surface area (Å²) in [5, 5.41) is 4.83. The van der Waals surface area contributed by atoms with E-state index in [0.29, 0.717) is 6.42 Å². The molecule has 2 nitrogen and oxygen atoms in total. The fourth-order valence-corrected chi connectivity index (χ4v) is 3.16. The Morgan fingerprint density at radius 2 is 1.88 bits per heavy atom. The van der Waals surface area contributed by atoms with E-state index in [1.807, 2.05) is 41.1 Å². The molecule has 0 saturated carbocycles. The average molecular weight is 335 g/mol. The van der Waals surface area contributed by atoms with Gasteiger partial charge in [-0.3, -0.25) is 0 Å². The third kappa shape index (κ3) is 3.98. The normalized spacial score (nSPS) is 12.3. The maximum Gasteiger partial charge on any atom is 0.123 e. The van der Waals surface area contributed by atoms with Gasteiger partial charge in [-0.25, -0.2) is 9.07 Å². The summed E-state index contributed by atoms with van der Waals surface area (Å²) in [6.07, 6.45) is 3.85. The van der Waals surface area contributed by atoms with Crippen molar-refractivity contribution in [2.75, 3.05) is 0 Å². The van der Waals surface area contributed by atoms with Gasteiger partial charge in [0.15, 0.2) is 0 Å². The molecule has 0 aliphatic carbocycles. The third-order valence-corrected chi connectivity index (χ3v) is 4.47. The summed E-state index contributed by atoms with van der Waals surface area (Å²) in [6.45, 7) is 6.29. The zero-order valence-corrected chi connectivity index (χ0v) is 14.7. The van der Waals surface area contributed by atoms with Crippen LogP contribution in [0.15, 0.2) is 60.7 Å². The molecule has 3 rings (SSSR count). The maximum absolute atomic E-state index is 13.7. The summed E-state index contributed by atoms with van der Waals surface area (Å²) in [5.74, 6) is -0.202. The molecule has 0 spiro atoms. The van der Waals surface area contributed by atoms with Crippen LogP contribution in [-0.2, 0) is 6.42 Å². The first kappa shape index (κ1) is 17.4. The molecule has 3 aromatic rings. The number of aryl methyl sites for hydroxylation is 1. The molecule has 1 atom stereocenters. The van der Waals surface area contributed by atoms with Gasteiger partial charge < -0.3 is 0 Å². The molecule has 1 heterocycles. The minimum Gasteiger partial charge on any atom is -0.237 e. The second kappa shape index (κ2) is 8.11. The van der Waals surface area contributed by atoms with Gasteiger partial charge in [0, 0.05) is 5.92 Å². The topological polar surface area (TPSA) is 17.8 Å². The maximum atomic E-state index is 13.7. The van der Waals surface area contributed by atoms with Crippen molar-refractivity contribution in [3.05, 3.63) is 90.4 Å². The lowest BCUT2D eigenvalue weighted by molar-refractivity contribution is 0.621. The molecule has 0 aliphatic rings. The van der Waals surface area contributed by atoms with Crippen LogP contribution in [0.25, 0.3) is 5.69 Å². The minimum absolute atomic E-state index is 0.0128. The number of hydrogen-bond donors (Lipinski definition) is 0. The van der Waals surface area contributed by atoms with Gasteiger partial charge >= 0.3 is 0 Å². The number of aromatic nitrogens is 2. The summed E-state index contributed by atoms with van der Waals surface area (Å²) in [4.78, 5) is 0. The zero-order valence-electron chi connectivity index (χ0n) is 14.7. The Hall–Kier alpha value is -2.42. The van der Waals surface area contributed by atoms with E-state index in [0.717, 1.165) is 41.9 Å². The Kier molecular flexibility index (Phi) is 5.64. The summed E-state index contributed by atoms with van der Waals surface area (Å²) in [7, 11) is 0. The predicted molar refractivity (Wildman–Crippen MR) is 100 cm³/mol. The SMILES string of the molecule is [CH2]CC(c1cccc(F)c1)c1cc(CCCC)nn1-c1ccccc1. The van der Waals surface area contributed by atoms with Crippen LogP contribution < -0.4 is 0 Å². The van der Waals surface area contributed by atoms with Gasteiger partial charge in [-0.15, -0.1) is 0 Å². The van der Waals surface area contributed by atoms with Crippen LogP contribution in [0.3, 0.4) is 0 Å². The van der Waals surface area contributed by atoms with Crippen molar-refractivity contribution in [3.8, 4) is 5.69 Å². The molecule has 2 aromatic carbocycles. The second-order valence-electron chi connectivity index (χ2n) is 6.31. The van der Waals surface area contributed by atoms with E-state index in [2.05, 4.69) is 19.9 Å². The molecular weight excluding hydrogens is 311 g/mol. The molecule has 0 N–H and O–H groups in total. The van der Waals surface area contributed by atoms with Gasteiger partial charge in [-0.2, -0.15) is 5.10 Å². The predicted octanol–water partition coefficient (Wildman–Crippen LogP) is 5.71. The Morgan fingerprint density at radius 3 is 2.56 bits per heavy atom. The van der Waals surface area contributed by atoms with E-state index in [-0.39, 0.29) is 11.7 Å². The highest BCUT2D eigenvalue weighted by atomic mass is 19.1. The smallest absolute Gasteiger partial charge is 0.123 e. The summed E-state index contributed by atoms with van der Waals surface area (Å²) < 4.78 is 15.7. The average Bonchev–Trinajstić information content (AvgIpc) is 3.05. The van der Waals surface area contributed by atoms with Crippen molar-refractivity contribution >= 4 is 0 Å². The summed E-state index contributed by atoms with van der Waals surface area (Å²) in [5.41, 5.74) is 4.11. The van der Waals surface area contributed by atoms with Gasteiger partial charge in [0.05, 0.1) is 17.1 Å². The first-order valence-corrected chi connectivity index (χ1v) is 8.92. The first-order valence-electron chi connectivity index (χ1n) is 8.92. The van der Waals surface area contributed by atoms with Crippen LogP contribution in [0.1, 0.15) is 49.1 Å². The van der Waals surface area contributed by atoms with Crippen LogP contribution in [-0.4, -0.2) is 9.78 Å². The number of halogens is 1. The van der Waals surface area contributed by atoms with Crippen LogP contribution in [0.2, 0.25) is 0 Å². The van der Waals surface area contributed by atoms with Crippen LogP contribution in [0.4, 0.5) is 4.39 Å². The lowest BCUT2D eigenvalue weighted by Gasteiger charge is -2.17. The quantitative estimate of drug-likeness (QED) is 0.541. The van der Waals surface area contributed by atoms with E-state index in [4.69, 9.17) is 5.10 Å². The highest BCUT2D eigenvalue weighted by Gasteiger charge is 2.20. The lowest BCUT2D eigenvalue weighted by Crippen LogP contribution is -2.09. The number of hydrogen-bond acceptors (Lipinski definition) is 1. The Labute approximate surface area is 149 Å². The molecule has 1 aromatic heterocycles. The van der Waals surface area contributed by atoms with Crippen LogP contribution >= 0.6 is 0 Å². The largest absolute Gasteiger partial charge is 0.237 e. The van der Waals surface area contributed by atoms with E-state index >= 15 is 0 Å². The van der Waals surface area contributed by atoms with Crippen molar-refractivity contribution in [1.82, 2.24) is 9.78 Å². The molecule has 0 fully saturated rings. The number of benzene rings is 2. The van der Waals surface area contributed by atoms with Gasteiger partial charge in [0.2, 0.25) is 0 Å². The number of nitrogens with zero attached hydrogens (tertiary/aromatic N) is 2. The molecule has 0 bridgehead atoms. The van der Waals surface area contributed by atoms with Crippen molar-refractivity contribution < 1.29 is 4.39 Å². The van der Waals surface area contributed by atoms with Crippen molar-refractivity contribution in [2.24, 2.45) is 0 Å². The molecule has 1 radical (unpaired) electrons. The first-order chi connectivity index (χ1) is 12.2. The van der Waals surface area contributed by atoms with E-state index < -0.39 is 0 Å². The van der Waals surface area contributed by atoms with Gasteiger partial charge in [-0.1, -0.05) is 50.6 Å².